The zero-order valence-electron chi connectivity index (χ0n) is 13.6. The summed E-state index contributed by atoms with van der Waals surface area (Å²) in [6.45, 7) is -0.870. The Kier molecular flexibility index (Phi) is 6.21. The van der Waals surface area contributed by atoms with Gasteiger partial charge in [-0.3, -0.25) is 0 Å². The van der Waals surface area contributed by atoms with E-state index in [1.54, 1.807) is 0 Å². The van der Waals surface area contributed by atoms with Gasteiger partial charge in [0, 0.05) is 23.2 Å². The molecule has 2 rings (SSSR count). The largest absolute Gasteiger partial charge is 0.423 e. The molecule has 0 amide bonds. The molecule has 0 saturated heterocycles. The molecule has 27 heavy (non-hydrogen) atoms. The van der Waals surface area contributed by atoms with E-state index in [1.165, 1.54) is 0 Å². The van der Waals surface area contributed by atoms with Crippen LogP contribution in [0, 0.1) is 0 Å². The number of carbonyl (C=O) groups excluding carboxylic acids is 1. The van der Waals surface area contributed by atoms with Crippen LogP contribution in [0.25, 0.3) is 11.0 Å². The van der Waals surface area contributed by atoms with Gasteiger partial charge in [-0.2, -0.15) is 13.2 Å². The standard InChI is InChI=1S/C16H16F3NO7/c17-16(18,19)9-4-13(24)27-12-3-7(1-2-8(9)12)20-10(5-21)14(25)15(26)11(23)6-22/h1-5,10-11,14-15,20,22-23,25-26H,6H2/t10-,11+,14+,15+/m0/s1. The molecule has 0 radical (unpaired) electrons. The van der Waals surface area contributed by atoms with Crippen molar-refractivity contribution in [2.75, 3.05) is 11.9 Å². The molecular weight excluding hydrogens is 375 g/mol. The first-order chi connectivity index (χ1) is 12.6. The van der Waals surface area contributed by atoms with Crippen molar-refractivity contribution in [1.29, 1.82) is 0 Å². The topological polar surface area (TPSA) is 140 Å². The van der Waals surface area contributed by atoms with Crippen LogP contribution >= 0.6 is 0 Å². The number of rotatable bonds is 7. The van der Waals surface area contributed by atoms with Gasteiger partial charge in [0.25, 0.3) is 0 Å². The van der Waals surface area contributed by atoms with Gasteiger partial charge in [0.15, 0.2) is 0 Å². The Balaban J connectivity index is 2.36. The van der Waals surface area contributed by atoms with Gasteiger partial charge in [-0.15, -0.1) is 0 Å². The SMILES string of the molecule is O=C[C@H](Nc1ccc2c(C(F)(F)F)cc(=O)oc2c1)[C@@H](O)[C@H](O)[C@H](O)CO. The Morgan fingerprint density at radius 3 is 2.37 bits per heavy atom. The summed E-state index contributed by atoms with van der Waals surface area (Å²) >= 11 is 0. The maximum atomic E-state index is 13.0. The summed E-state index contributed by atoms with van der Waals surface area (Å²) in [6, 6.07) is 2.02. The van der Waals surface area contributed by atoms with E-state index in [1.807, 2.05) is 0 Å². The van der Waals surface area contributed by atoms with Crippen LogP contribution in [0.15, 0.2) is 33.5 Å². The lowest BCUT2D eigenvalue weighted by Gasteiger charge is -2.26. The molecule has 8 nitrogen and oxygen atoms in total. The number of carbonyl (C=O) groups is 1. The third-order valence-electron chi connectivity index (χ3n) is 3.83. The summed E-state index contributed by atoms with van der Waals surface area (Å²) in [7, 11) is 0. The molecule has 0 bridgehead atoms. The van der Waals surface area contributed by atoms with Gasteiger partial charge in [0.05, 0.1) is 12.2 Å². The van der Waals surface area contributed by atoms with E-state index in [2.05, 4.69) is 5.32 Å². The summed E-state index contributed by atoms with van der Waals surface area (Å²) < 4.78 is 43.8. The zero-order chi connectivity index (χ0) is 20.4. The molecule has 0 spiro atoms. The van der Waals surface area contributed by atoms with Crippen molar-refractivity contribution in [2.45, 2.75) is 30.5 Å². The molecule has 1 heterocycles. The number of fused-ring (bicyclic) bond motifs is 1. The second kappa shape index (κ2) is 8.05. The molecule has 2 aromatic rings. The molecule has 1 aromatic heterocycles. The van der Waals surface area contributed by atoms with Crippen LogP contribution in [0.3, 0.4) is 0 Å². The van der Waals surface area contributed by atoms with Crippen LogP contribution < -0.4 is 10.9 Å². The van der Waals surface area contributed by atoms with Gasteiger partial charge in [0.1, 0.15) is 36.2 Å². The maximum absolute atomic E-state index is 13.0. The van der Waals surface area contributed by atoms with Crippen LogP contribution in [0.1, 0.15) is 5.56 Å². The Hall–Kier alpha value is -2.47. The number of alkyl halides is 3. The van der Waals surface area contributed by atoms with E-state index < -0.39 is 53.9 Å². The Labute approximate surface area is 149 Å². The van der Waals surface area contributed by atoms with Crippen LogP contribution in [0.4, 0.5) is 18.9 Å². The van der Waals surface area contributed by atoms with E-state index in [9.17, 15) is 38.1 Å². The van der Waals surface area contributed by atoms with Crippen molar-refractivity contribution in [3.05, 3.63) is 40.2 Å². The normalized spacial score (nSPS) is 16.6. The number of nitrogens with one attached hydrogen (secondary N) is 1. The first kappa shape index (κ1) is 20.8. The van der Waals surface area contributed by atoms with Crippen LogP contribution in [-0.4, -0.2) is 57.7 Å². The lowest BCUT2D eigenvalue weighted by atomic mass is 10.0. The molecule has 0 aliphatic rings. The second-order valence-electron chi connectivity index (χ2n) is 5.73. The molecule has 5 N–H and O–H groups in total. The van der Waals surface area contributed by atoms with Crippen molar-refractivity contribution in [2.24, 2.45) is 0 Å². The van der Waals surface area contributed by atoms with Crippen molar-refractivity contribution < 1.29 is 42.8 Å². The van der Waals surface area contributed by atoms with Crippen molar-refractivity contribution in [3.8, 4) is 0 Å². The van der Waals surface area contributed by atoms with Gasteiger partial charge in [-0.05, 0) is 12.1 Å². The van der Waals surface area contributed by atoms with Gasteiger partial charge in [-0.1, -0.05) is 0 Å². The Bertz CT molecular complexity index is 867. The number of hydrogen-bond donors (Lipinski definition) is 5. The lowest BCUT2D eigenvalue weighted by molar-refractivity contribution is -0.136. The van der Waals surface area contributed by atoms with E-state index >= 15 is 0 Å². The quantitative estimate of drug-likeness (QED) is 0.325. The summed E-state index contributed by atoms with van der Waals surface area (Å²) in [6.07, 6.45) is -10.0. The summed E-state index contributed by atoms with van der Waals surface area (Å²) in [5, 5.41) is 39.7. The van der Waals surface area contributed by atoms with Crippen LogP contribution in [0.5, 0.6) is 0 Å². The molecule has 0 aliphatic carbocycles. The molecule has 11 heteroatoms. The average Bonchev–Trinajstić information content (AvgIpc) is 2.62. The predicted octanol–water partition coefficient (Wildman–Crippen LogP) is -0.134. The number of aliphatic hydroxyl groups is 4. The Morgan fingerprint density at radius 2 is 1.81 bits per heavy atom. The van der Waals surface area contributed by atoms with Crippen LogP contribution in [0.2, 0.25) is 0 Å². The molecule has 148 valence electrons. The number of anilines is 1. The van der Waals surface area contributed by atoms with E-state index in [-0.39, 0.29) is 17.4 Å². The maximum Gasteiger partial charge on any atom is 0.417 e. The third-order valence-corrected chi connectivity index (χ3v) is 3.83. The van der Waals surface area contributed by atoms with Crippen molar-refractivity contribution in [3.63, 3.8) is 0 Å². The van der Waals surface area contributed by atoms with E-state index in [4.69, 9.17) is 9.52 Å². The molecule has 0 unspecified atom stereocenters. The molecular formula is C16H16F3NO7. The number of aliphatic hydroxyl groups excluding tert-OH is 4. The zero-order valence-corrected chi connectivity index (χ0v) is 13.6. The Morgan fingerprint density at radius 1 is 1.15 bits per heavy atom. The highest BCUT2D eigenvalue weighted by Gasteiger charge is 2.34. The number of halogens is 3. The first-order valence-electron chi connectivity index (χ1n) is 7.60. The molecule has 4 atom stereocenters. The van der Waals surface area contributed by atoms with Gasteiger partial charge in [-0.25, -0.2) is 4.79 Å². The highest BCUT2D eigenvalue weighted by molar-refractivity contribution is 5.84. The minimum absolute atomic E-state index is 0.00631. The second-order valence-corrected chi connectivity index (χ2v) is 5.73. The van der Waals surface area contributed by atoms with E-state index in [0.717, 1.165) is 18.2 Å². The first-order valence-corrected chi connectivity index (χ1v) is 7.60. The van der Waals surface area contributed by atoms with Crippen molar-refractivity contribution in [1.82, 2.24) is 0 Å². The average molecular weight is 391 g/mol. The number of aldehydes is 1. The fourth-order valence-electron chi connectivity index (χ4n) is 2.43. The van der Waals surface area contributed by atoms with E-state index in [0.29, 0.717) is 6.07 Å². The summed E-state index contributed by atoms with van der Waals surface area (Å²) in [5.41, 5.74) is -2.81. The van der Waals surface area contributed by atoms with Crippen molar-refractivity contribution >= 4 is 22.9 Å². The predicted molar refractivity (Wildman–Crippen MR) is 86.1 cm³/mol. The molecule has 0 saturated carbocycles. The summed E-state index contributed by atoms with van der Waals surface area (Å²) in [4.78, 5) is 22.5. The highest BCUT2D eigenvalue weighted by atomic mass is 19.4. The monoisotopic (exact) mass is 391 g/mol. The fraction of sp³-hybridized carbons (Fsp3) is 0.375. The number of hydrogen-bond acceptors (Lipinski definition) is 8. The smallest absolute Gasteiger partial charge is 0.417 e. The fourth-order valence-corrected chi connectivity index (χ4v) is 2.43. The minimum atomic E-state index is -4.78. The van der Waals surface area contributed by atoms with Gasteiger partial charge in [0.2, 0.25) is 0 Å². The highest BCUT2D eigenvalue weighted by Crippen LogP contribution is 2.34. The minimum Gasteiger partial charge on any atom is -0.423 e. The molecule has 1 aromatic carbocycles. The lowest BCUT2D eigenvalue weighted by Crippen LogP contribution is -2.49. The molecule has 0 aliphatic heterocycles. The summed E-state index contributed by atoms with van der Waals surface area (Å²) in [5.74, 6) is 0. The van der Waals surface area contributed by atoms with Gasteiger partial charge < -0.3 is 35.0 Å². The number of benzene rings is 1. The van der Waals surface area contributed by atoms with Crippen LogP contribution in [-0.2, 0) is 11.0 Å². The third kappa shape index (κ3) is 4.63. The molecule has 0 fully saturated rings. The van der Waals surface area contributed by atoms with Gasteiger partial charge >= 0.3 is 11.8 Å².